The molecule has 0 radical (unpaired) electrons. The smallest absolute Gasteiger partial charge is 0.330 e. The molecule has 0 saturated carbocycles. The summed E-state index contributed by atoms with van der Waals surface area (Å²) in [6.45, 7) is 6.09. The molecule has 0 aliphatic carbocycles. The lowest BCUT2D eigenvalue weighted by Crippen LogP contribution is -2.52. The molecule has 1 aromatic rings. The van der Waals surface area contributed by atoms with Crippen LogP contribution in [0.2, 0.25) is 0 Å². The van der Waals surface area contributed by atoms with E-state index >= 15 is 0 Å². The predicted molar refractivity (Wildman–Crippen MR) is 89.9 cm³/mol. The van der Waals surface area contributed by atoms with Gasteiger partial charge in [-0.2, -0.15) is 0 Å². The molecule has 0 bridgehead atoms. The van der Waals surface area contributed by atoms with Crippen molar-refractivity contribution in [1.82, 2.24) is 24.3 Å². The van der Waals surface area contributed by atoms with Crippen LogP contribution in [0.1, 0.15) is 25.8 Å². The Balaban J connectivity index is 1.75. The topological polar surface area (TPSA) is 79.6 Å². The highest BCUT2D eigenvalue weighted by molar-refractivity contribution is 5.78. The second-order valence-corrected chi connectivity index (χ2v) is 7.06. The molecule has 2 fully saturated rings. The fourth-order valence-corrected chi connectivity index (χ4v) is 3.86. The van der Waals surface area contributed by atoms with Gasteiger partial charge in [0.1, 0.15) is 0 Å². The summed E-state index contributed by atoms with van der Waals surface area (Å²) in [5, 5.41) is 3.06. The summed E-state index contributed by atoms with van der Waals surface area (Å²) in [5.74, 6) is 0. The van der Waals surface area contributed by atoms with Crippen LogP contribution in [0.15, 0.2) is 15.8 Å². The molecule has 24 heavy (non-hydrogen) atoms. The van der Waals surface area contributed by atoms with Crippen molar-refractivity contribution < 1.29 is 4.79 Å². The van der Waals surface area contributed by atoms with Crippen LogP contribution in [-0.4, -0.2) is 56.2 Å². The molecule has 8 nitrogen and oxygen atoms in total. The first-order valence-corrected chi connectivity index (χ1v) is 8.36. The van der Waals surface area contributed by atoms with Gasteiger partial charge in [0.15, 0.2) is 0 Å². The first-order chi connectivity index (χ1) is 11.3. The minimum atomic E-state index is -0.321. The maximum absolute atomic E-state index is 12.3. The third-order valence-corrected chi connectivity index (χ3v) is 5.03. The van der Waals surface area contributed by atoms with Gasteiger partial charge >= 0.3 is 11.7 Å². The molecule has 0 spiro atoms. The molecule has 0 unspecified atom stereocenters. The van der Waals surface area contributed by atoms with E-state index in [-0.39, 0.29) is 35.4 Å². The van der Waals surface area contributed by atoms with Crippen molar-refractivity contribution in [2.75, 3.05) is 13.1 Å². The van der Waals surface area contributed by atoms with E-state index in [1.54, 1.807) is 13.2 Å². The number of carbonyl (C=O) groups excluding carboxylic acids is 1. The summed E-state index contributed by atoms with van der Waals surface area (Å²) >= 11 is 0. The highest BCUT2D eigenvalue weighted by Crippen LogP contribution is 2.25. The molecule has 0 aromatic carbocycles. The molecule has 1 N–H and O–H groups in total. The van der Waals surface area contributed by atoms with E-state index < -0.39 is 0 Å². The van der Waals surface area contributed by atoms with Crippen LogP contribution in [0.25, 0.3) is 0 Å². The van der Waals surface area contributed by atoms with Gasteiger partial charge in [0, 0.05) is 51.5 Å². The lowest BCUT2D eigenvalue weighted by Gasteiger charge is -2.37. The number of urea groups is 1. The molecule has 2 amide bonds. The van der Waals surface area contributed by atoms with E-state index in [2.05, 4.69) is 10.2 Å². The fraction of sp³-hybridized carbons (Fsp3) is 0.688. The van der Waals surface area contributed by atoms with Crippen LogP contribution in [0.3, 0.4) is 0 Å². The molecule has 2 aliphatic rings. The highest BCUT2D eigenvalue weighted by atomic mass is 16.2. The quantitative estimate of drug-likeness (QED) is 0.805. The summed E-state index contributed by atoms with van der Waals surface area (Å²) in [5.41, 5.74) is 0.0284. The largest absolute Gasteiger partial charge is 0.332 e. The number of fused-ring (bicyclic) bond motifs is 1. The third kappa shape index (κ3) is 2.75. The Morgan fingerprint density at radius 2 is 1.96 bits per heavy atom. The van der Waals surface area contributed by atoms with Crippen molar-refractivity contribution in [2.24, 2.45) is 14.1 Å². The Labute approximate surface area is 140 Å². The minimum Gasteiger partial charge on any atom is -0.332 e. The minimum absolute atomic E-state index is 0.000119. The third-order valence-electron chi connectivity index (χ3n) is 5.03. The van der Waals surface area contributed by atoms with Gasteiger partial charge in [-0.05, 0) is 20.3 Å². The summed E-state index contributed by atoms with van der Waals surface area (Å²) in [7, 11) is 3.15. The average Bonchev–Trinajstić information content (AvgIpc) is 2.85. The van der Waals surface area contributed by atoms with Crippen molar-refractivity contribution in [1.29, 1.82) is 0 Å². The number of amides is 2. The number of nitrogens with one attached hydrogen (secondary N) is 1. The van der Waals surface area contributed by atoms with Crippen molar-refractivity contribution in [2.45, 2.75) is 44.9 Å². The lowest BCUT2D eigenvalue weighted by molar-refractivity contribution is 0.122. The SMILES string of the molecule is CC(C)N1C(=O)N[C@@H]2CN(Cc3cn(C)c(=O)n(C)c3=O)CC[C@@H]21. The molecular weight excluding hydrogens is 310 g/mol. The summed E-state index contributed by atoms with van der Waals surface area (Å²) in [6.07, 6.45) is 2.50. The molecule has 2 saturated heterocycles. The van der Waals surface area contributed by atoms with E-state index in [0.29, 0.717) is 18.7 Å². The Morgan fingerprint density at radius 1 is 1.25 bits per heavy atom. The summed E-state index contributed by atoms with van der Waals surface area (Å²) in [4.78, 5) is 40.3. The number of nitrogens with zero attached hydrogens (tertiary/aromatic N) is 4. The number of aromatic nitrogens is 2. The monoisotopic (exact) mass is 335 g/mol. The zero-order valence-corrected chi connectivity index (χ0v) is 14.7. The molecular formula is C16H25N5O3. The first-order valence-electron chi connectivity index (χ1n) is 8.36. The molecule has 2 atom stereocenters. The molecule has 132 valence electrons. The second-order valence-electron chi connectivity index (χ2n) is 7.06. The number of piperidine rings is 1. The van der Waals surface area contributed by atoms with Gasteiger partial charge in [0.2, 0.25) is 0 Å². The van der Waals surface area contributed by atoms with Gasteiger partial charge in [-0.1, -0.05) is 0 Å². The first kappa shape index (κ1) is 16.8. The Hall–Kier alpha value is -2.09. The number of aryl methyl sites for hydroxylation is 1. The summed E-state index contributed by atoms with van der Waals surface area (Å²) in [6, 6.07) is 0.490. The summed E-state index contributed by atoms with van der Waals surface area (Å²) < 4.78 is 2.57. The zero-order chi connectivity index (χ0) is 17.6. The Kier molecular flexibility index (Phi) is 4.25. The predicted octanol–water partition coefficient (Wildman–Crippen LogP) is -0.539. The van der Waals surface area contributed by atoms with Gasteiger partial charge in [-0.15, -0.1) is 0 Å². The lowest BCUT2D eigenvalue weighted by atomic mass is 9.98. The number of carbonyl (C=O) groups is 1. The number of hydrogen-bond donors (Lipinski definition) is 1. The molecule has 3 heterocycles. The normalized spacial score (nSPS) is 24.4. The van der Waals surface area contributed by atoms with Gasteiger partial charge in [0.25, 0.3) is 5.56 Å². The number of hydrogen-bond acceptors (Lipinski definition) is 4. The molecule has 8 heteroatoms. The van der Waals surface area contributed by atoms with E-state index in [1.165, 1.54) is 11.6 Å². The van der Waals surface area contributed by atoms with E-state index in [0.717, 1.165) is 17.5 Å². The average molecular weight is 335 g/mol. The van der Waals surface area contributed by atoms with E-state index in [1.807, 2.05) is 18.7 Å². The number of likely N-dealkylation sites (tertiary alicyclic amines) is 1. The van der Waals surface area contributed by atoms with E-state index in [4.69, 9.17) is 0 Å². The maximum atomic E-state index is 12.3. The molecule has 3 rings (SSSR count). The molecule has 1 aromatic heterocycles. The van der Waals surface area contributed by atoms with Crippen LogP contribution >= 0.6 is 0 Å². The van der Waals surface area contributed by atoms with E-state index in [9.17, 15) is 14.4 Å². The van der Waals surface area contributed by atoms with Crippen LogP contribution in [-0.2, 0) is 20.6 Å². The van der Waals surface area contributed by atoms with Crippen LogP contribution < -0.4 is 16.6 Å². The van der Waals surface area contributed by atoms with Crippen molar-refractivity contribution in [3.05, 3.63) is 32.6 Å². The van der Waals surface area contributed by atoms with Gasteiger partial charge in [0.05, 0.1) is 12.1 Å². The molecule has 2 aliphatic heterocycles. The van der Waals surface area contributed by atoms with Crippen LogP contribution in [0.4, 0.5) is 4.79 Å². The van der Waals surface area contributed by atoms with Crippen molar-refractivity contribution in [3.8, 4) is 0 Å². The Bertz CT molecular complexity index is 766. The maximum Gasteiger partial charge on any atom is 0.330 e. The van der Waals surface area contributed by atoms with Crippen LogP contribution in [0, 0.1) is 0 Å². The zero-order valence-electron chi connectivity index (χ0n) is 14.7. The second kappa shape index (κ2) is 6.08. The standard InChI is InChI=1S/C16H25N5O3/c1-10(2)21-13-5-6-20(9-12(13)17-15(21)23)8-11-7-18(3)16(24)19(4)14(11)22/h7,10,12-13H,5-6,8-9H2,1-4H3,(H,17,23)/t12-,13+/m1/s1. The van der Waals surface area contributed by atoms with Gasteiger partial charge < -0.3 is 14.8 Å². The highest BCUT2D eigenvalue weighted by Gasteiger charge is 2.43. The van der Waals surface area contributed by atoms with Crippen molar-refractivity contribution >= 4 is 6.03 Å². The van der Waals surface area contributed by atoms with Gasteiger partial charge in [-0.25, -0.2) is 9.59 Å². The number of rotatable bonds is 3. The fourth-order valence-electron chi connectivity index (χ4n) is 3.86. The van der Waals surface area contributed by atoms with Crippen LogP contribution in [0.5, 0.6) is 0 Å². The van der Waals surface area contributed by atoms with Gasteiger partial charge in [-0.3, -0.25) is 14.3 Å². The Morgan fingerprint density at radius 3 is 2.62 bits per heavy atom. The van der Waals surface area contributed by atoms with Crippen molar-refractivity contribution in [3.63, 3.8) is 0 Å².